The summed E-state index contributed by atoms with van der Waals surface area (Å²) in [6.45, 7) is 3.86. The molecule has 112 valence electrons. The van der Waals surface area contributed by atoms with Crippen LogP contribution in [0.15, 0.2) is 24.4 Å². The highest BCUT2D eigenvalue weighted by molar-refractivity contribution is 5.83. The van der Waals surface area contributed by atoms with E-state index in [4.69, 9.17) is 0 Å². The van der Waals surface area contributed by atoms with Gasteiger partial charge in [-0.3, -0.25) is 5.10 Å². The van der Waals surface area contributed by atoms with Crippen LogP contribution >= 0.6 is 0 Å². The van der Waals surface area contributed by atoms with E-state index in [9.17, 15) is 4.79 Å². The number of rotatable bonds is 5. The van der Waals surface area contributed by atoms with Crippen molar-refractivity contribution >= 4 is 22.9 Å². The van der Waals surface area contributed by atoms with Crippen molar-refractivity contribution in [2.45, 2.75) is 38.3 Å². The van der Waals surface area contributed by atoms with E-state index < -0.39 is 0 Å². The summed E-state index contributed by atoms with van der Waals surface area (Å²) < 4.78 is 0. The van der Waals surface area contributed by atoms with E-state index in [1.165, 1.54) is 12.8 Å². The maximum absolute atomic E-state index is 11.5. The summed E-state index contributed by atoms with van der Waals surface area (Å²) in [5.74, 6) is 0. The fourth-order valence-corrected chi connectivity index (χ4v) is 3.15. The van der Waals surface area contributed by atoms with Gasteiger partial charge in [-0.1, -0.05) is 19.8 Å². The molecule has 0 radical (unpaired) electrons. The molecule has 1 aliphatic rings. The zero-order valence-corrected chi connectivity index (χ0v) is 12.4. The van der Waals surface area contributed by atoms with Gasteiger partial charge >= 0.3 is 0 Å². The lowest BCUT2D eigenvalue weighted by Crippen LogP contribution is -2.58. The number of nitrogens with zero attached hydrogens (tertiary/aromatic N) is 2. The van der Waals surface area contributed by atoms with E-state index in [1.54, 1.807) is 0 Å². The van der Waals surface area contributed by atoms with Gasteiger partial charge in [0.15, 0.2) is 0 Å². The number of nitrogens with one attached hydrogen (secondary N) is 2. The molecule has 1 aromatic heterocycles. The SMILES string of the molecule is CCCCC1CNCC(C=O)N1c1ccc2[nH]ncc2c1. The summed E-state index contributed by atoms with van der Waals surface area (Å²) >= 11 is 0. The Morgan fingerprint density at radius 2 is 2.33 bits per heavy atom. The second-order valence-corrected chi connectivity index (χ2v) is 5.71. The van der Waals surface area contributed by atoms with Gasteiger partial charge in [0, 0.05) is 30.2 Å². The molecule has 2 heterocycles. The minimum atomic E-state index is -0.0926. The van der Waals surface area contributed by atoms with Gasteiger partial charge in [0.05, 0.1) is 17.8 Å². The van der Waals surface area contributed by atoms with Gasteiger partial charge in [-0.05, 0) is 24.6 Å². The van der Waals surface area contributed by atoms with E-state index in [0.29, 0.717) is 6.04 Å². The molecule has 3 rings (SSSR count). The molecule has 5 nitrogen and oxygen atoms in total. The number of unbranched alkanes of at least 4 members (excludes halogenated alkanes) is 1. The largest absolute Gasteiger partial charge is 0.356 e. The molecule has 2 N–H and O–H groups in total. The van der Waals surface area contributed by atoms with Crippen molar-refractivity contribution in [1.29, 1.82) is 0 Å². The van der Waals surface area contributed by atoms with Crippen molar-refractivity contribution in [1.82, 2.24) is 15.5 Å². The molecule has 0 amide bonds. The van der Waals surface area contributed by atoms with E-state index in [0.717, 1.165) is 42.4 Å². The molecule has 0 aliphatic carbocycles. The molecular formula is C16H22N4O. The third kappa shape index (κ3) is 2.78. The average molecular weight is 286 g/mol. The van der Waals surface area contributed by atoms with Gasteiger partial charge in [0.2, 0.25) is 0 Å². The molecule has 1 aromatic carbocycles. The number of carbonyl (C=O) groups is 1. The number of hydrogen-bond acceptors (Lipinski definition) is 4. The van der Waals surface area contributed by atoms with Crippen molar-refractivity contribution in [3.63, 3.8) is 0 Å². The van der Waals surface area contributed by atoms with Gasteiger partial charge in [0.1, 0.15) is 6.29 Å². The molecule has 2 aromatic rings. The van der Waals surface area contributed by atoms with E-state index in [1.807, 2.05) is 12.3 Å². The third-order valence-electron chi connectivity index (χ3n) is 4.25. The third-order valence-corrected chi connectivity index (χ3v) is 4.25. The lowest BCUT2D eigenvalue weighted by atomic mass is 10.0. The van der Waals surface area contributed by atoms with Crippen LogP contribution in [0, 0.1) is 0 Å². The number of aldehydes is 1. The predicted octanol–water partition coefficient (Wildman–Crippen LogP) is 2.10. The summed E-state index contributed by atoms with van der Waals surface area (Å²) in [6, 6.07) is 6.53. The van der Waals surface area contributed by atoms with Gasteiger partial charge in [-0.15, -0.1) is 0 Å². The first-order chi connectivity index (χ1) is 10.3. The van der Waals surface area contributed by atoms with Crippen LogP contribution in [-0.2, 0) is 4.79 Å². The molecule has 0 bridgehead atoms. The quantitative estimate of drug-likeness (QED) is 0.826. The highest BCUT2D eigenvalue weighted by atomic mass is 16.1. The maximum Gasteiger partial charge on any atom is 0.143 e. The fraction of sp³-hybridized carbons (Fsp3) is 0.500. The van der Waals surface area contributed by atoms with Gasteiger partial charge in [-0.2, -0.15) is 5.10 Å². The number of carbonyl (C=O) groups excluding carboxylic acids is 1. The summed E-state index contributed by atoms with van der Waals surface area (Å²) in [7, 11) is 0. The van der Waals surface area contributed by atoms with Crippen molar-refractivity contribution in [2.24, 2.45) is 0 Å². The molecule has 1 fully saturated rings. The van der Waals surface area contributed by atoms with E-state index >= 15 is 0 Å². The van der Waals surface area contributed by atoms with Gasteiger partial charge in [-0.25, -0.2) is 0 Å². The Kier molecular flexibility index (Phi) is 4.20. The van der Waals surface area contributed by atoms with E-state index in [-0.39, 0.29) is 6.04 Å². The van der Waals surface area contributed by atoms with Crippen molar-refractivity contribution in [3.8, 4) is 0 Å². The normalized spacial score (nSPS) is 22.6. The number of H-pyrrole nitrogens is 1. The minimum Gasteiger partial charge on any atom is -0.356 e. The Morgan fingerprint density at radius 3 is 3.14 bits per heavy atom. The average Bonchev–Trinajstić information content (AvgIpc) is 2.99. The van der Waals surface area contributed by atoms with Crippen LogP contribution in [0.4, 0.5) is 5.69 Å². The standard InChI is InChI=1S/C16H22N4O/c1-2-3-4-14-9-17-10-15(11-21)20(14)13-5-6-16-12(7-13)8-18-19-16/h5-8,11,14-15,17H,2-4,9-10H2,1H3,(H,18,19). The number of benzene rings is 1. The summed E-state index contributed by atoms with van der Waals surface area (Å²) in [4.78, 5) is 13.8. The fourth-order valence-electron chi connectivity index (χ4n) is 3.15. The summed E-state index contributed by atoms with van der Waals surface area (Å²) in [6.07, 6.45) is 6.36. The number of aromatic nitrogens is 2. The first-order valence-electron chi connectivity index (χ1n) is 7.71. The molecule has 1 aliphatic heterocycles. The molecule has 21 heavy (non-hydrogen) atoms. The zero-order valence-electron chi connectivity index (χ0n) is 12.4. The molecule has 5 heteroatoms. The lowest BCUT2D eigenvalue weighted by molar-refractivity contribution is -0.109. The highest BCUT2D eigenvalue weighted by Crippen LogP contribution is 2.27. The number of aromatic amines is 1. The van der Waals surface area contributed by atoms with Gasteiger partial charge in [0.25, 0.3) is 0 Å². The van der Waals surface area contributed by atoms with E-state index in [2.05, 4.69) is 39.5 Å². The zero-order chi connectivity index (χ0) is 14.7. The Balaban J connectivity index is 1.93. The van der Waals surface area contributed by atoms with Crippen LogP contribution in [0.25, 0.3) is 10.9 Å². The molecule has 2 atom stereocenters. The topological polar surface area (TPSA) is 61.0 Å². The van der Waals surface area contributed by atoms with Crippen molar-refractivity contribution in [2.75, 3.05) is 18.0 Å². The summed E-state index contributed by atoms with van der Waals surface area (Å²) in [5.41, 5.74) is 2.14. The lowest BCUT2D eigenvalue weighted by Gasteiger charge is -2.42. The summed E-state index contributed by atoms with van der Waals surface area (Å²) in [5, 5.41) is 11.5. The Bertz CT molecular complexity index is 609. The molecule has 0 saturated carbocycles. The first-order valence-corrected chi connectivity index (χ1v) is 7.71. The van der Waals surface area contributed by atoms with Crippen LogP contribution in [0.5, 0.6) is 0 Å². The van der Waals surface area contributed by atoms with Crippen molar-refractivity contribution in [3.05, 3.63) is 24.4 Å². The monoisotopic (exact) mass is 286 g/mol. The smallest absolute Gasteiger partial charge is 0.143 e. The second kappa shape index (κ2) is 6.26. The van der Waals surface area contributed by atoms with Crippen molar-refractivity contribution < 1.29 is 4.79 Å². The predicted molar refractivity (Wildman–Crippen MR) is 84.6 cm³/mol. The van der Waals surface area contributed by atoms with Crippen LogP contribution < -0.4 is 10.2 Å². The second-order valence-electron chi connectivity index (χ2n) is 5.71. The van der Waals surface area contributed by atoms with Gasteiger partial charge < -0.3 is 15.0 Å². The Labute approximate surface area is 124 Å². The van der Waals surface area contributed by atoms with Crippen LogP contribution in [0.3, 0.4) is 0 Å². The van der Waals surface area contributed by atoms with Crippen LogP contribution in [0.2, 0.25) is 0 Å². The molecule has 1 saturated heterocycles. The number of hydrogen-bond donors (Lipinski definition) is 2. The first kappa shape index (κ1) is 14.1. The van der Waals surface area contributed by atoms with Crippen LogP contribution in [-0.4, -0.2) is 41.7 Å². The molecule has 0 spiro atoms. The van der Waals surface area contributed by atoms with Crippen LogP contribution in [0.1, 0.15) is 26.2 Å². The molecular weight excluding hydrogens is 264 g/mol. The minimum absolute atomic E-state index is 0.0926. The Morgan fingerprint density at radius 1 is 1.43 bits per heavy atom. The number of piperazine rings is 1. The Hall–Kier alpha value is -1.88. The molecule has 2 unspecified atom stereocenters. The highest BCUT2D eigenvalue weighted by Gasteiger charge is 2.30. The number of anilines is 1. The maximum atomic E-state index is 11.5. The number of fused-ring (bicyclic) bond motifs is 1.